The fourth-order valence-electron chi connectivity index (χ4n) is 2.38. The maximum Gasteiger partial charge on any atom is 0.330 e. The Bertz CT molecular complexity index is 711. The minimum Gasteiger partial charge on any atom is -0.493 e. The summed E-state index contributed by atoms with van der Waals surface area (Å²) in [5.74, 6) is 0.145. The number of hydrogen-bond acceptors (Lipinski definition) is 8. The Morgan fingerprint density at radius 2 is 1.63 bits per heavy atom. The molecule has 0 aliphatic carbocycles. The minimum atomic E-state index is -0.463. The van der Waals surface area contributed by atoms with Crippen LogP contribution in [-0.4, -0.2) is 51.9 Å². The predicted molar refractivity (Wildman–Crippen MR) is 110 cm³/mol. The molecule has 8 heteroatoms. The number of carbonyl (C=O) groups excluding carboxylic acids is 3. The second-order valence-corrected chi connectivity index (χ2v) is 6.33. The minimum absolute atomic E-state index is 0.278. The lowest BCUT2D eigenvalue weighted by molar-refractivity contribution is -0.141. The van der Waals surface area contributed by atoms with E-state index in [-0.39, 0.29) is 18.4 Å². The Kier molecular flexibility index (Phi) is 12.4. The van der Waals surface area contributed by atoms with Gasteiger partial charge in [0.25, 0.3) is 0 Å². The largest absolute Gasteiger partial charge is 0.493 e. The van der Waals surface area contributed by atoms with Crippen LogP contribution in [-0.2, 0) is 28.6 Å². The van der Waals surface area contributed by atoms with E-state index in [1.165, 1.54) is 27.2 Å². The van der Waals surface area contributed by atoms with Gasteiger partial charge in [-0.15, -0.1) is 0 Å². The van der Waals surface area contributed by atoms with Crippen LogP contribution in [0.5, 0.6) is 11.5 Å². The van der Waals surface area contributed by atoms with Crippen LogP contribution in [0.3, 0.4) is 0 Å². The van der Waals surface area contributed by atoms with E-state index in [2.05, 4.69) is 9.47 Å². The smallest absolute Gasteiger partial charge is 0.330 e. The molecule has 0 amide bonds. The van der Waals surface area contributed by atoms with Gasteiger partial charge < -0.3 is 23.7 Å². The van der Waals surface area contributed by atoms with Crippen LogP contribution in [0.2, 0.25) is 0 Å². The van der Waals surface area contributed by atoms with E-state index in [9.17, 15) is 14.4 Å². The van der Waals surface area contributed by atoms with Gasteiger partial charge in [0.2, 0.25) is 0 Å². The molecular weight excluding hydrogens is 392 g/mol. The molecule has 1 aromatic carbocycles. The van der Waals surface area contributed by atoms with Gasteiger partial charge in [0, 0.05) is 31.1 Å². The first-order chi connectivity index (χ1) is 14.5. The average Bonchev–Trinajstić information content (AvgIpc) is 2.74. The summed E-state index contributed by atoms with van der Waals surface area (Å²) in [6.07, 6.45) is 6.15. The highest BCUT2D eigenvalue weighted by Gasteiger charge is 2.07. The summed E-state index contributed by atoms with van der Waals surface area (Å²) in [6.45, 7) is 2.61. The van der Waals surface area contributed by atoms with Gasteiger partial charge in [0.15, 0.2) is 0 Å². The zero-order valence-electron chi connectivity index (χ0n) is 17.8. The van der Waals surface area contributed by atoms with E-state index in [4.69, 9.17) is 14.2 Å². The summed E-state index contributed by atoms with van der Waals surface area (Å²) in [6, 6.07) is 5.29. The standard InChI is InChI=1S/C22H30O8/c1-17(23)28-13-5-4-6-14-30-20-16-19(29-15-7-8-21(24)26-2)11-9-18(20)10-12-22(25)27-3/h9-12,16H,4-8,13-15H2,1-3H3. The number of unbranched alkanes of at least 4 members (excludes halogenated alkanes) is 2. The molecule has 0 aromatic heterocycles. The molecule has 0 atom stereocenters. The number of methoxy groups -OCH3 is 2. The number of esters is 3. The third-order valence-corrected chi connectivity index (χ3v) is 3.96. The maximum atomic E-state index is 11.4. The first-order valence-electron chi connectivity index (χ1n) is 9.82. The van der Waals surface area contributed by atoms with Crippen molar-refractivity contribution in [3.8, 4) is 11.5 Å². The molecule has 0 saturated carbocycles. The Hall–Kier alpha value is -3.03. The van der Waals surface area contributed by atoms with Gasteiger partial charge >= 0.3 is 17.9 Å². The van der Waals surface area contributed by atoms with Crippen LogP contribution in [0.4, 0.5) is 0 Å². The number of rotatable bonds is 14. The molecule has 0 radical (unpaired) electrons. The highest BCUT2D eigenvalue weighted by molar-refractivity contribution is 5.87. The van der Waals surface area contributed by atoms with Crippen LogP contribution in [0.1, 0.15) is 44.6 Å². The normalized spacial score (nSPS) is 10.5. The fraction of sp³-hybridized carbons (Fsp3) is 0.500. The van der Waals surface area contributed by atoms with E-state index in [0.717, 1.165) is 19.3 Å². The zero-order chi connectivity index (χ0) is 22.2. The zero-order valence-corrected chi connectivity index (χ0v) is 17.8. The lowest BCUT2D eigenvalue weighted by atomic mass is 10.1. The Labute approximate surface area is 177 Å². The van der Waals surface area contributed by atoms with E-state index in [1.54, 1.807) is 24.3 Å². The molecule has 0 heterocycles. The highest BCUT2D eigenvalue weighted by Crippen LogP contribution is 2.27. The first-order valence-corrected chi connectivity index (χ1v) is 9.82. The van der Waals surface area contributed by atoms with Gasteiger partial charge in [0.1, 0.15) is 11.5 Å². The predicted octanol–water partition coefficient (Wildman–Crippen LogP) is 3.32. The van der Waals surface area contributed by atoms with Gasteiger partial charge in [0.05, 0.1) is 34.0 Å². The molecule has 1 aromatic rings. The van der Waals surface area contributed by atoms with Gasteiger partial charge in [-0.1, -0.05) is 0 Å². The molecule has 30 heavy (non-hydrogen) atoms. The summed E-state index contributed by atoms with van der Waals surface area (Å²) >= 11 is 0. The van der Waals surface area contributed by atoms with Gasteiger partial charge in [-0.3, -0.25) is 9.59 Å². The monoisotopic (exact) mass is 422 g/mol. The molecule has 8 nitrogen and oxygen atoms in total. The number of carbonyl (C=O) groups is 3. The highest BCUT2D eigenvalue weighted by atomic mass is 16.5. The van der Waals surface area contributed by atoms with Crippen molar-refractivity contribution in [2.45, 2.75) is 39.0 Å². The van der Waals surface area contributed by atoms with E-state index < -0.39 is 5.97 Å². The molecule has 0 saturated heterocycles. The lowest BCUT2D eigenvalue weighted by Crippen LogP contribution is -2.05. The molecule has 0 bridgehead atoms. The molecule has 0 N–H and O–H groups in total. The van der Waals surface area contributed by atoms with Crippen molar-refractivity contribution in [2.75, 3.05) is 34.0 Å². The van der Waals surface area contributed by atoms with Gasteiger partial charge in [-0.05, 0) is 43.9 Å². The van der Waals surface area contributed by atoms with Crippen molar-refractivity contribution < 1.29 is 38.1 Å². The van der Waals surface area contributed by atoms with E-state index >= 15 is 0 Å². The average molecular weight is 422 g/mol. The third kappa shape index (κ3) is 11.1. The molecule has 166 valence electrons. The molecule has 0 fully saturated rings. The van der Waals surface area contributed by atoms with Crippen LogP contribution >= 0.6 is 0 Å². The number of benzene rings is 1. The molecular formula is C22H30O8. The molecule has 0 aliphatic rings. The van der Waals surface area contributed by atoms with Crippen molar-refractivity contribution in [3.63, 3.8) is 0 Å². The van der Waals surface area contributed by atoms with Gasteiger partial charge in [-0.2, -0.15) is 0 Å². The molecule has 1 rings (SSSR count). The molecule has 0 spiro atoms. The summed E-state index contributed by atoms with van der Waals surface area (Å²) in [7, 11) is 2.66. The van der Waals surface area contributed by atoms with Crippen LogP contribution in [0.25, 0.3) is 6.08 Å². The SMILES string of the molecule is COC(=O)C=Cc1ccc(OCCCC(=O)OC)cc1OCCCCCOC(C)=O. The topological polar surface area (TPSA) is 97.4 Å². The van der Waals surface area contributed by atoms with Crippen molar-refractivity contribution >= 4 is 24.0 Å². The quantitative estimate of drug-likeness (QED) is 0.195. The second kappa shape index (κ2) is 14.9. The Balaban J connectivity index is 2.62. The van der Waals surface area contributed by atoms with Crippen molar-refractivity contribution in [1.82, 2.24) is 0 Å². The fourth-order valence-corrected chi connectivity index (χ4v) is 2.38. The summed E-state index contributed by atoms with van der Waals surface area (Å²) in [5.41, 5.74) is 0.710. The van der Waals surface area contributed by atoms with Crippen molar-refractivity contribution in [2.24, 2.45) is 0 Å². The summed E-state index contributed by atoms with van der Waals surface area (Å²) in [4.78, 5) is 33.3. The van der Waals surface area contributed by atoms with Crippen molar-refractivity contribution in [3.05, 3.63) is 29.8 Å². The Morgan fingerprint density at radius 1 is 0.900 bits per heavy atom. The summed E-state index contributed by atoms with van der Waals surface area (Å²) in [5, 5.41) is 0. The van der Waals surface area contributed by atoms with Crippen LogP contribution in [0, 0.1) is 0 Å². The van der Waals surface area contributed by atoms with Gasteiger partial charge in [-0.25, -0.2) is 4.79 Å². The number of hydrogen-bond donors (Lipinski definition) is 0. The Morgan fingerprint density at radius 3 is 2.33 bits per heavy atom. The molecule has 0 unspecified atom stereocenters. The number of ether oxygens (including phenoxy) is 5. The second-order valence-electron chi connectivity index (χ2n) is 6.33. The first kappa shape index (κ1) is 25.0. The van der Waals surface area contributed by atoms with Crippen molar-refractivity contribution in [1.29, 1.82) is 0 Å². The lowest BCUT2D eigenvalue weighted by Gasteiger charge is -2.12. The van der Waals surface area contributed by atoms with E-state index in [1.807, 2.05) is 0 Å². The third-order valence-electron chi connectivity index (χ3n) is 3.96. The maximum absolute atomic E-state index is 11.4. The van der Waals surface area contributed by atoms with Crippen LogP contribution in [0.15, 0.2) is 24.3 Å². The van der Waals surface area contributed by atoms with Crippen LogP contribution < -0.4 is 9.47 Å². The van der Waals surface area contributed by atoms with E-state index in [0.29, 0.717) is 43.3 Å². The summed E-state index contributed by atoms with van der Waals surface area (Å²) < 4.78 is 25.7. The molecule has 0 aliphatic heterocycles.